The van der Waals surface area contributed by atoms with Crippen LogP contribution in [0, 0.1) is 11.7 Å². The highest BCUT2D eigenvalue weighted by atomic mass is 79.9. The van der Waals surface area contributed by atoms with Crippen LogP contribution in [0.4, 0.5) is 28.9 Å². The van der Waals surface area contributed by atoms with Crippen LogP contribution in [0.25, 0.3) is 0 Å². The van der Waals surface area contributed by atoms with E-state index in [1.165, 1.54) is 30.3 Å². The largest absolute Gasteiger partial charge is 0.416 e. The van der Waals surface area contributed by atoms with Crippen LogP contribution >= 0.6 is 39.0 Å². The Labute approximate surface area is 257 Å². The number of hydrogen-bond donors (Lipinski definition) is 1. The van der Waals surface area contributed by atoms with E-state index in [1.807, 2.05) is 0 Å². The Kier molecular flexibility index (Phi) is 7.55. The van der Waals surface area contributed by atoms with Gasteiger partial charge in [0.05, 0.1) is 22.2 Å². The molecule has 7 nitrogen and oxygen atoms in total. The minimum absolute atomic E-state index is 0.101. The molecule has 0 saturated carbocycles. The van der Waals surface area contributed by atoms with Crippen LogP contribution in [0.15, 0.2) is 87.1 Å². The molecule has 43 heavy (non-hydrogen) atoms. The molecule has 14 heteroatoms. The lowest BCUT2D eigenvalue weighted by Gasteiger charge is -2.30. The average Bonchev–Trinajstić information content (AvgIpc) is 3.40. The van der Waals surface area contributed by atoms with Gasteiger partial charge in [0.2, 0.25) is 17.7 Å². The van der Waals surface area contributed by atoms with Gasteiger partial charge < -0.3 is 5.32 Å². The Bertz CT molecular complexity index is 1820. The number of nitrogens with one attached hydrogen (secondary N) is 1. The molecule has 1 N–H and O–H groups in total. The molecule has 0 bridgehead atoms. The predicted octanol–water partition coefficient (Wildman–Crippen LogP) is 6.26. The lowest BCUT2D eigenvalue weighted by molar-refractivity contribution is -0.137. The summed E-state index contributed by atoms with van der Waals surface area (Å²) >= 11 is 5.13. The average molecular weight is 693 g/mol. The van der Waals surface area contributed by atoms with Crippen molar-refractivity contribution in [3.8, 4) is 0 Å². The molecule has 1 saturated heterocycles. The molecule has 0 radical (unpaired) electrons. The molecular weight excluding hydrogens is 674 g/mol. The first-order valence-corrected chi connectivity index (χ1v) is 15.2. The lowest BCUT2D eigenvalue weighted by Crippen LogP contribution is -2.33. The van der Waals surface area contributed by atoms with E-state index in [9.17, 15) is 36.7 Å². The minimum atomic E-state index is -4.61. The van der Waals surface area contributed by atoms with E-state index < -0.39 is 63.8 Å². The van der Waals surface area contributed by atoms with Gasteiger partial charge in [0.15, 0.2) is 0 Å². The second kappa shape index (κ2) is 11.1. The number of nitrogens with zero attached hydrogens (tertiary/aromatic N) is 2. The number of carbonyl (C=O) groups is 3. The van der Waals surface area contributed by atoms with Gasteiger partial charge in [-0.2, -0.15) is 13.2 Å². The number of thiazole rings is 1. The standard InChI is InChI=1S/C29H18BrF4N3O4S2/c30-16-6-10-19(11-7-16)37-25(39)22-21(14-4-8-17(31)9-5-14)24-27(42-23(22)26(37)40)36(28(41)43-24)13-20(38)35-18-3-1-2-15(12-18)29(32,33)34/h1-12,21-23H,13H2,(H,35,38)/t21-,22?,23?/m1/s1. The summed E-state index contributed by atoms with van der Waals surface area (Å²) in [5.74, 6) is -3.94. The van der Waals surface area contributed by atoms with Gasteiger partial charge in [-0.15, -0.1) is 0 Å². The van der Waals surface area contributed by atoms with Gasteiger partial charge >= 0.3 is 11.0 Å². The smallest absolute Gasteiger partial charge is 0.325 e. The van der Waals surface area contributed by atoms with E-state index in [0.29, 0.717) is 21.2 Å². The third-order valence-corrected chi connectivity index (χ3v) is 10.3. The van der Waals surface area contributed by atoms with Gasteiger partial charge in [0, 0.05) is 21.0 Å². The van der Waals surface area contributed by atoms with E-state index in [4.69, 9.17) is 0 Å². The predicted molar refractivity (Wildman–Crippen MR) is 157 cm³/mol. The Hall–Kier alpha value is -3.75. The zero-order valence-corrected chi connectivity index (χ0v) is 24.8. The van der Waals surface area contributed by atoms with E-state index in [1.54, 1.807) is 24.3 Å². The zero-order chi connectivity index (χ0) is 30.6. The molecule has 4 aromatic rings. The van der Waals surface area contributed by atoms with Gasteiger partial charge in [-0.25, -0.2) is 9.29 Å². The fraction of sp³-hybridized carbons (Fsp3) is 0.172. The van der Waals surface area contributed by atoms with Crippen molar-refractivity contribution in [1.82, 2.24) is 4.57 Å². The maximum Gasteiger partial charge on any atom is 0.416 e. The molecule has 2 aliphatic rings. The first-order chi connectivity index (χ1) is 20.4. The third kappa shape index (κ3) is 5.43. The van der Waals surface area contributed by atoms with Crippen LogP contribution < -0.4 is 15.1 Å². The number of thioether (sulfide) groups is 1. The highest BCUT2D eigenvalue weighted by Gasteiger charge is 2.56. The number of imide groups is 1. The molecule has 2 aliphatic heterocycles. The summed E-state index contributed by atoms with van der Waals surface area (Å²) in [7, 11) is 0. The molecule has 6 rings (SSSR count). The van der Waals surface area contributed by atoms with E-state index in [0.717, 1.165) is 55.2 Å². The molecule has 3 amide bonds. The Balaban J connectivity index is 1.37. The molecule has 3 atom stereocenters. The first kappa shape index (κ1) is 29.3. The van der Waals surface area contributed by atoms with Crippen molar-refractivity contribution in [2.24, 2.45) is 5.92 Å². The minimum Gasteiger partial charge on any atom is -0.325 e. The molecule has 2 unspecified atom stereocenters. The SMILES string of the molecule is O=C(Cn1c2c(sc1=O)[C@H](c1ccc(F)cc1)C1C(=O)N(c3ccc(Br)cc3)C(=O)C1S2)Nc1cccc(C(F)(F)F)c1. The van der Waals surface area contributed by atoms with E-state index in [2.05, 4.69) is 21.2 Å². The maximum absolute atomic E-state index is 13.9. The number of carbonyl (C=O) groups excluding carboxylic acids is 3. The van der Waals surface area contributed by atoms with Crippen molar-refractivity contribution in [3.05, 3.63) is 109 Å². The van der Waals surface area contributed by atoms with Crippen LogP contribution in [-0.2, 0) is 27.1 Å². The fourth-order valence-corrected chi connectivity index (χ4v) is 8.28. The molecule has 220 valence electrons. The van der Waals surface area contributed by atoms with Gasteiger partial charge in [-0.1, -0.05) is 57.2 Å². The first-order valence-electron chi connectivity index (χ1n) is 12.7. The van der Waals surface area contributed by atoms with Crippen molar-refractivity contribution in [1.29, 1.82) is 0 Å². The number of amides is 3. The van der Waals surface area contributed by atoms with Crippen molar-refractivity contribution in [2.45, 2.75) is 28.9 Å². The maximum atomic E-state index is 13.9. The molecule has 1 fully saturated rings. The number of rotatable bonds is 5. The fourth-order valence-electron chi connectivity index (χ4n) is 5.25. The highest BCUT2D eigenvalue weighted by molar-refractivity contribution is 9.10. The Morgan fingerprint density at radius 1 is 0.953 bits per heavy atom. The van der Waals surface area contributed by atoms with E-state index in [-0.39, 0.29) is 5.69 Å². The van der Waals surface area contributed by atoms with Gasteiger partial charge in [-0.05, 0) is 60.2 Å². The molecule has 0 aliphatic carbocycles. The van der Waals surface area contributed by atoms with Gasteiger partial charge in [0.1, 0.15) is 17.6 Å². The number of alkyl halides is 3. The summed E-state index contributed by atoms with van der Waals surface area (Å²) in [6, 6.07) is 16.2. The molecule has 0 spiro atoms. The highest BCUT2D eigenvalue weighted by Crippen LogP contribution is 2.54. The summed E-state index contributed by atoms with van der Waals surface area (Å²) < 4.78 is 55.2. The lowest BCUT2D eigenvalue weighted by atomic mass is 9.83. The Morgan fingerprint density at radius 3 is 2.33 bits per heavy atom. The van der Waals surface area contributed by atoms with E-state index >= 15 is 0 Å². The van der Waals surface area contributed by atoms with Crippen LogP contribution in [0.2, 0.25) is 0 Å². The van der Waals surface area contributed by atoms with Crippen molar-refractivity contribution in [2.75, 3.05) is 10.2 Å². The van der Waals surface area contributed by atoms with Gasteiger partial charge in [0.25, 0.3) is 0 Å². The molecule has 3 heterocycles. The van der Waals surface area contributed by atoms with Crippen LogP contribution in [-0.4, -0.2) is 27.5 Å². The van der Waals surface area contributed by atoms with Crippen LogP contribution in [0.3, 0.4) is 0 Å². The van der Waals surface area contributed by atoms with Crippen molar-refractivity contribution < 1.29 is 31.9 Å². The molecule has 1 aromatic heterocycles. The summed E-state index contributed by atoms with van der Waals surface area (Å²) in [6.07, 6.45) is -4.61. The second-order valence-electron chi connectivity index (χ2n) is 9.83. The number of benzene rings is 3. The zero-order valence-electron chi connectivity index (χ0n) is 21.6. The summed E-state index contributed by atoms with van der Waals surface area (Å²) in [6.45, 7) is -0.542. The van der Waals surface area contributed by atoms with Crippen molar-refractivity contribution in [3.63, 3.8) is 0 Å². The number of halogens is 5. The number of anilines is 2. The van der Waals surface area contributed by atoms with Crippen LogP contribution in [0.1, 0.15) is 21.9 Å². The quantitative estimate of drug-likeness (QED) is 0.197. The normalized spacial score (nSPS) is 19.7. The third-order valence-electron chi connectivity index (χ3n) is 7.14. The second-order valence-corrected chi connectivity index (χ2v) is 12.9. The number of fused-ring (bicyclic) bond motifs is 2. The summed E-state index contributed by atoms with van der Waals surface area (Å²) in [5.41, 5.74) is -0.166. The summed E-state index contributed by atoms with van der Waals surface area (Å²) in [4.78, 5) is 54.7. The van der Waals surface area contributed by atoms with Crippen molar-refractivity contribution >= 4 is 68.1 Å². The topological polar surface area (TPSA) is 88.5 Å². The Morgan fingerprint density at radius 2 is 1.65 bits per heavy atom. The van der Waals surface area contributed by atoms with Gasteiger partial charge in [-0.3, -0.25) is 23.7 Å². The van der Waals surface area contributed by atoms with Crippen LogP contribution in [0.5, 0.6) is 0 Å². The monoisotopic (exact) mass is 691 g/mol. The molecular formula is C29H18BrF4N3O4S2. The number of aromatic nitrogens is 1. The summed E-state index contributed by atoms with van der Waals surface area (Å²) in [5, 5.41) is 1.73. The number of hydrogen-bond acceptors (Lipinski definition) is 6. The molecule has 3 aromatic carbocycles.